The minimum absolute atomic E-state index is 0.106. The van der Waals surface area contributed by atoms with Crippen LogP contribution in [0, 0.1) is 5.41 Å². The average Bonchev–Trinajstić information content (AvgIpc) is 3.05. The van der Waals surface area contributed by atoms with Crippen molar-refractivity contribution in [3.63, 3.8) is 0 Å². The third kappa shape index (κ3) is 2.05. The van der Waals surface area contributed by atoms with Crippen LogP contribution < -0.4 is 0 Å². The topological polar surface area (TPSA) is 57.6 Å². The quantitative estimate of drug-likeness (QED) is 0.852. The van der Waals surface area contributed by atoms with Crippen molar-refractivity contribution in [3.05, 3.63) is 0 Å². The van der Waals surface area contributed by atoms with E-state index >= 15 is 0 Å². The van der Waals surface area contributed by atoms with E-state index in [0.29, 0.717) is 19.4 Å². The highest BCUT2D eigenvalue weighted by atomic mass is 16.4. The van der Waals surface area contributed by atoms with Crippen LogP contribution >= 0.6 is 0 Å². The zero-order valence-corrected chi connectivity index (χ0v) is 12.1. The molecule has 1 atom stereocenters. The Bertz CT molecular complexity index is 374. The molecule has 2 rings (SSSR count). The molecule has 0 aromatic rings. The van der Waals surface area contributed by atoms with E-state index in [0.717, 1.165) is 38.5 Å². The van der Waals surface area contributed by atoms with Crippen LogP contribution in [0.4, 0.5) is 0 Å². The average molecular weight is 267 g/mol. The van der Waals surface area contributed by atoms with Crippen molar-refractivity contribution in [2.45, 2.75) is 70.8 Å². The number of hydrogen-bond donors (Lipinski definition) is 1. The van der Waals surface area contributed by atoms with Gasteiger partial charge in [0.1, 0.15) is 5.54 Å². The molecule has 1 amide bonds. The van der Waals surface area contributed by atoms with E-state index in [9.17, 15) is 14.7 Å². The van der Waals surface area contributed by atoms with Gasteiger partial charge in [-0.2, -0.15) is 0 Å². The van der Waals surface area contributed by atoms with Gasteiger partial charge in [0.05, 0.1) is 0 Å². The van der Waals surface area contributed by atoms with Gasteiger partial charge >= 0.3 is 5.97 Å². The number of carbonyl (C=O) groups is 2. The van der Waals surface area contributed by atoms with E-state index in [-0.39, 0.29) is 11.3 Å². The van der Waals surface area contributed by atoms with Crippen molar-refractivity contribution in [1.82, 2.24) is 4.90 Å². The second-order valence-corrected chi connectivity index (χ2v) is 6.09. The first kappa shape index (κ1) is 14.4. The van der Waals surface area contributed by atoms with Gasteiger partial charge in [-0.1, -0.05) is 26.7 Å². The fourth-order valence-corrected chi connectivity index (χ4v) is 3.97. The normalized spacial score (nSPS) is 29.7. The van der Waals surface area contributed by atoms with E-state index in [4.69, 9.17) is 0 Å². The maximum absolute atomic E-state index is 12.9. The molecule has 0 aromatic carbocycles. The molecular weight excluding hydrogens is 242 g/mol. The van der Waals surface area contributed by atoms with Gasteiger partial charge in [-0.05, 0) is 38.5 Å². The van der Waals surface area contributed by atoms with Crippen LogP contribution in [0.2, 0.25) is 0 Å². The zero-order chi connectivity index (χ0) is 14.1. The molecule has 1 N–H and O–H groups in total. The van der Waals surface area contributed by atoms with Crippen molar-refractivity contribution < 1.29 is 14.7 Å². The second kappa shape index (κ2) is 5.14. The number of hydrogen-bond acceptors (Lipinski definition) is 2. The molecule has 0 radical (unpaired) electrons. The number of carbonyl (C=O) groups excluding carboxylic acids is 1. The van der Waals surface area contributed by atoms with Crippen LogP contribution in [-0.4, -0.2) is 34.0 Å². The lowest BCUT2D eigenvalue weighted by Crippen LogP contribution is -2.56. The number of likely N-dealkylation sites (tertiary alicyclic amines) is 1. The van der Waals surface area contributed by atoms with E-state index in [1.165, 1.54) is 0 Å². The summed E-state index contributed by atoms with van der Waals surface area (Å²) in [5.41, 5.74) is -1.22. The number of carboxylic acids is 1. The standard InChI is InChI=1S/C15H25NO3/c1-3-14(8-5-6-9-14)12(17)16-11-7-10-15(16,4-2)13(18)19/h3-11H2,1-2H3,(H,18,19). The molecule has 1 heterocycles. The number of aliphatic carboxylic acids is 1. The number of nitrogens with zero attached hydrogens (tertiary/aromatic N) is 1. The Morgan fingerprint density at radius 2 is 1.68 bits per heavy atom. The highest BCUT2D eigenvalue weighted by molar-refractivity contribution is 5.90. The molecule has 4 nitrogen and oxygen atoms in total. The molecule has 4 heteroatoms. The predicted octanol–water partition coefficient (Wildman–Crippen LogP) is 2.81. The van der Waals surface area contributed by atoms with Crippen molar-refractivity contribution in [1.29, 1.82) is 0 Å². The van der Waals surface area contributed by atoms with E-state index in [2.05, 4.69) is 6.92 Å². The Morgan fingerprint density at radius 1 is 1.05 bits per heavy atom. The molecule has 1 aliphatic carbocycles. The molecule has 0 aromatic heterocycles. The predicted molar refractivity (Wildman–Crippen MR) is 72.8 cm³/mol. The molecule has 0 spiro atoms. The molecule has 2 aliphatic rings. The van der Waals surface area contributed by atoms with Gasteiger partial charge in [0.15, 0.2) is 0 Å². The van der Waals surface area contributed by atoms with Crippen LogP contribution in [0.5, 0.6) is 0 Å². The monoisotopic (exact) mass is 267 g/mol. The van der Waals surface area contributed by atoms with Gasteiger partial charge in [0, 0.05) is 12.0 Å². The third-order valence-electron chi connectivity index (χ3n) is 5.41. The van der Waals surface area contributed by atoms with Crippen LogP contribution in [0.1, 0.15) is 65.2 Å². The molecule has 1 aliphatic heterocycles. The molecule has 19 heavy (non-hydrogen) atoms. The number of rotatable bonds is 4. The first-order chi connectivity index (χ1) is 9.02. The Kier molecular flexibility index (Phi) is 3.88. The summed E-state index contributed by atoms with van der Waals surface area (Å²) in [7, 11) is 0. The second-order valence-electron chi connectivity index (χ2n) is 6.09. The Morgan fingerprint density at radius 3 is 2.16 bits per heavy atom. The highest BCUT2D eigenvalue weighted by Crippen LogP contribution is 2.45. The van der Waals surface area contributed by atoms with Gasteiger partial charge in [0.2, 0.25) is 5.91 Å². The lowest BCUT2D eigenvalue weighted by atomic mass is 9.80. The Balaban J connectivity index is 2.29. The lowest BCUT2D eigenvalue weighted by molar-refractivity contribution is -0.161. The summed E-state index contributed by atoms with van der Waals surface area (Å²) < 4.78 is 0. The summed E-state index contributed by atoms with van der Waals surface area (Å²) in [5, 5.41) is 9.59. The smallest absolute Gasteiger partial charge is 0.329 e. The summed E-state index contributed by atoms with van der Waals surface area (Å²) in [5.74, 6) is -0.723. The van der Waals surface area contributed by atoms with E-state index in [1.807, 2.05) is 6.92 Å². The molecular formula is C15H25NO3. The first-order valence-electron chi connectivity index (χ1n) is 7.58. The van der Waals surface area contributed by atoms with Crippen molar-refractivity contribution in [3.8, 4) is 0 Å². The third-order valence-corrected chi connectivity index (χ3v) is 5.41. The molecule has 1 saturated heterocycles. The highest BCUT2D eigenvalue weighted by Gasteiger charge is 2.53. The Labute approximate surface area is 115 Å². The maximum Gasteiger partial charge on any atom is 0.329 e. The fourth-order valence-electron chi connectivity index (χ4n) is 3.97. The Hall–Kier alpha value is -1.06. The van der Waals surface area contributed by atoms with E-state index < -0.39 is 11.5 Å². The minimum atomic E-state index is -0.943. The molecule has 1 unspecified atom stereocenters. The molecule has 0 bridgehead atoms. The van der Waals surface area contributed by atoms with Crippen LogP contribution in [-0.2, 0) is 9.59 Å². The van der Waals surface area contributed by atoms with Gasteiger partial charge in [-0.3, -0.25) is 4.79 Å². The van der Waals surface area contributed by atoms with Gasteiger partial charge < -0.3 is 10.0 Å². The van der Waals surface area contributed by atoms with E-state index in [1.54, 1.807) is 4.90 Å². The number of carboxylic acid groups (broad SMARTS) is 1. The summed E-state index contributed by atoms with van der Waals surface area (Å²) in [6.45, 7) is 4.56. The largest absolute Gasteiger partial charge is 0.479 e. The van der Waals surface area contributed by atoms with Gasteiger partial charge in [-0.15, -0.1) is 0 Å². The van der Waals surface area contributed by atoms with Crippen LogP contribution in [0.25, 0.3) is 0 Å². The van der Waals surface area contributed by atoms with Gasteiger partial charge in [-0.25, -0.2) is 4.79 Å². The van der Waals surface area contributed by atoms with Crippen molar-refractivity contribution >= 4 is 11.9 Å². The molecule has 108 valence electrons. The maximum atomic E-state index is 12.9. The van der Waals surface area contributed by atoms with Crippen molar-refractivity contribution in [2.24, 2.45) is 5.41 Å². The molecule has 2 fully saturated rings. The fraction of sp³-hybridized carbons (Fsp3) is 0.867. The summed E-state index contributed by atoms with van der Waals surface area (Å²) in [6, 6.07) is 0. The minimum Gasteiger partial charge on any atom is -0.479 e. The zero-order valence-electron chi connectivity index (χ0n) is 12.1. The van der Waals surface area contributed by atoms with Crippen LogP contribution in [0.15, 0.2) is 0 Å². The SMILES string of the molecule is CCC1(C(=O)N2CCCC2(CC)C(=O)O)CCCC1. The molecule has 1 saturated carbocycles. The summed E-state index contributed by atoms with van der Waals surface area (Å²) >= 11 is 0. The van der Waals surface area contributed by atoms with Crippen molar-refractivity contribution in [2.75, 3.05) is 6.54 Å². The summed E-state index contributed by atoms with van der Waals surface area (Å²) in [4.78, 5) is 26.3. The lowest BCUT2D eigenvalue weighted by Gasteiger charge is -2.40. The van der Waals surface area contributed by atoms with Gasteiger partial charge in [0.25, 0.3) is 0 Å². The summed E-state index contributed by atoms with van der Waals surface area (Å²) in [6.07, 6.45) is 6.81. The first-order valence-corrected chi connectivity index (χ1v) is 7.58. The van der Waals surface area contributed by atoms with Crippen LogP contribution in [0.3, 0.4) is 0 Å². The number of amides is 1.